The van der Waals surface area contributed by atoms with Crippen molar-refractivity contribution in [2.45, 2.75) is 51.7 Å². The van der Waals surface area contributed by atoms with E-state index < -0.39 is 11.1 Å². The van der Waals surface area contributed by atoms with Crippen LogP contribution in [0.25, 0.3) is 0 Å². The molecule has 0 aliphatic carbocycles. The first-order valence-corrected chi connectivity index (χ1v) is 7.89. The van der Waals surface area contributed by atoms with Crippen LogP contribution in [0.3, 0.4) is 0 Å². The number of carbonyl (C=O) groups excluding carboxylic acids is 2. The first kappa shape index (κ1) is 16.0. The predicted molar refractivity (Wildman–Crippen MR) is 85.6 cm³/mol. The highest BCUT2D eigenvalue weighted by molar-refractivity contribution is 9.10. The summed E-state index contributed by atoms with van der Waals surface area (Å²) in [6, 6.07) is 7.80. The zero-order valence-electron chi connectivity index (χ0n) is 12.9. The number of hydrogen-bond donors (Lipinski definition) is 1. The van der Waals surface area contributed by atoms with Crippen molar-refractivity contribution in [1.29, 1.82) is 0 Å². The molecule has 2 rings (SSSR count). The quantitative estimate of drug-likeness (QED) is 0.909. The van der Waals surface area contributed by atoms with E-state index >= 15 is 0 Å². The molecular weight excluding hydrogens is 332 g/mol. The Morgan fingerprint density at radius 1 is 1.24 bits per heavy atom. The van der Waals surface area contributed by atoms with Gasteiger partial charge < -0.3 is 10.2 Å². The van der Waals surface area contributed by atoms with E-state index in [2.05, 4.69) is 21.2 Å². The topological polar surface area (TPSA) is 49.4 Å². The zero-order valence-corrected chi connectivity index (χ0v) is 14.5. The van der Waals surface area contributed by atoms with E-state index in [9.17, 15) is 9.59 Å². The summed E-state index contributed by atoms with van der Waals surface area (Å²) in [4.78, 5) is 26.9. The van der Waals surface area contributed by atoms with Crippen LogP contribution in [0.15, 0.2) is 28.7 Å². The molecule has 1 aromatic carbocycles. The lowest BCUT2D eigenvalue weighted by Crippen LogP contribution is -2.72. The van der Waals surface area contributed by atoms with Gasteiger partial charge in [0, 0.05) is 11.0 Å². The van der Waals surface area contributed by atoms with Gasteiger partial charge in [-0.3, -0.25) is 9.59 Å². The summed E-state index contributed by atoms with van der Waals surface area (Å²) in [6.45, 7) is 7.69. The van der Waals surface area contributed by atoms with Crippen LogP contribution in [0.5, 0.6) is 0 Å². The van der Waals surface area contributed by atoms with Gasteiger partial charge in [-0.05, 0) is 44.9 Å². The van der Waals surface area contributed by atoms with Crippen LogP contribution >= 0.6 is 15.9 Å². The fraction of sp³-hybridized carbons (Fsp3) is 0.500. The minimum absolute atomic E-state index is 0.0328. The number of rotatable bonds is 3. The average Bonchev–Trinajstić information content (AvgIpc) is 2.42. The smallest absolute Gasteiger partial charge is 0.249 e. The number of amides is 2. The maximum Gasteiger partial charge on any atom is 0.249 e. The third-order valence-corrected chi connectivity index (χ3v) is 4.77. The Bertz CT molecular complexity index is 585. The van der Waals surface area contributed by atoms with Crippen LogP contribution in [0.1, 0.15) is 39.7 Å². The van der Waals surface area contributed by atoms with Crippen LogP contribution < -0.4 is 5.32 Å². The molecule has 1 aliphatic heterocycles. The van der Waals surface area contributed by atoms with Crippen LogP contribution in [-0.2, 0) is 16.1 Å². The maximum absolute atomic E-state index is 12.8. The Morgan fingerprint density at radius 2 is 1.90 bits per heavy atom. The molecule has 0 aromatic heterocycles. The van der Waals surface area contributed by atoms with Crippen molar-refractivity contribution in [3.05, 3.63) is 34.3 Å². The summed E-state index contributed by atoms with van der Waals surface area (Å²) in [7, 11) is 0. The van der Waals surface area contributed by atoms with Gasteiger partial charge in [-0.1, -0.05) is 35.0 Å². The largest absolute Gasteiger partial charge is 0.340 e. The highest BCUT2D eigenvalue weighted by Gasteiger charge is 2.51. The fourth-order valence-electron chi connectivity index (χ4n) is 2.46. The summed E-state index contributed by atoms with van der Waals surface area (Å²) in [5, 5.41) is 2.87. The molecule has 2 amide bonds. The normalized spacial score (nSPS) is 24.9. The third kappa shape index (κ3) is 2.84. The van der Waals surface area contributed by atoms with E-state index in [1.165, 1.54) is 0 Å². The number of piperazine rings is 1. The monoisotopic (exact) mass is 352 g/mol. The standard InChI is InChI=1S/C16H21BrN2O2/c1-5-16(4)14(21)19(15(2,3)13(20)18-16)10-11-7-6-8-12(17)9-11/h6-9H,5,10H2,1-4H3,(H,18,20). The molecule has 1 fully saturated rings. The number of hydrogen-bond acceptors (Lipinski definition) is 2. The number of benzene rings is 1. The van der Waals surface area contributed by atoms with Crippen LogP contribution in [-0.4, -0.2) is 27.8 Å². The number of nitrogens with zero attached hydrogens (tertiary/aromatic N) is 1. The molecule has 4 nitrogen and oxygen atoms in total. The third-order valence-electron chi connectivity index (χ3n) is 4.27. The minimum atomic E-state index is -0.853. The number of halogens is 1. The molecule has 5 heteroatoms. The Labute approximate surface area is 134 Å². The van der Waals surface area contributed by atoms with Crippen molar-refractivity contribution in [3.8, 4) is 0 Å². The highest BCUT2D eigenvalue weighted by atomic mass is 79.9. The van der Waals surface area contributed by atoms with E-state index in [1.54, 1.807) is 25.7 Å². The Kier molecular flexibility index (Phi) is 4.15. The van der Waals surface area contributed by atoms with Crippen LogP contribution in [0, 0.1) is 0 Å². The fourth-order valence-corrected chi connectivity index (χ4v) is 2.90. The Balaban J connectivity index is 2.37. The van der Waals surface area contributed by atoms with Gasteiger partial charge in [-0.15, -0.1) is 0 Å². The van der Waals surface area contributed by atoms with Crippen molar-refractivity contribution < 1.29 is 9.59 Å². The second-order valence-electron chi connectivity index (χ2n) is 6.22. The lowest BCUT2D eigenvalue weighted by molar-refractivity contribution is -0.161. The molecule has 0 spiro atoms. The van der Waals surface area contributed by atoms with Crippen molar-refractivity contribution in [1.82, 2.24) is 10.2 Å². The SMILES string of the molecule is CCC1(C)NC(=O)C(C)(C)N(Cc2cccc(Br)c2)C1=O. The molecule has 1 heterocycles. The maximum atomic E-state index is 12.8. The van der Waals surface area contributed by atoms with E-state index in [0.717, 1.165) is 10.0 Å². The molecule has 114 valence electrons. The molecule has 1 atom stereocenters. The first-order valence-electron chi connectivity index (χ1n) is 7.10. The van der Waals surface area contributed by atoms with Crippen molar-refractivity contribution in [2.75, 3.05) is 0 Å². The van der Waals surface area contributed by atoms with Crippen LogP contribution in [0.4, 0.5) is 0 Å². The summed E-state index contributed by atoms with van der Waals surface area (Å²) in [5.41, 5.74) is -0.675. The molecular formula is C16H21BrN2O2. The zero-order chi connectivity index (χ0) is 15.8. The predicted octanol–water partition coefficient (Wildman–Crippen LogP) is 2.85. The summed E-state index contributed by atoms with van der Waals surface area (Å²) in [6.07, 6.45) is 0.572. The second kappa shape index (κ2) is 5.44. The van der Waals surface area contributed by atoms with Crippen LogP contribution in [0.2, 0.25) is 0 Å². The molecule has 21 heavy (non-hydrogen) atoms. The molecule has 0 bridgehead atoms. The average molecular weight is 353 g/mol. The van der Waals surface area contributed by atoms with E-state index in [-0.39, 0.29) is 11.8 Å². The highest BCUT2D eigenvalue weighted by Crippen LogP contribution is 2.30. The first-order chi connectivity index (χ1) is 9.70. The van der Waals surface area contributed by atoms with Gasteiger partial charge in [0.05, 0.1) is 0 Å². The lowest BCUT2D eigenvalue weighted by atomic mass is 9.86. The van der Waals surface area contributed by atoms with E-state index in [1.807, 2.05) is 31.2 Å². The summed E-state index contributed by atoms with van der Waals surface area (Å²) >= 11 is 3.44. The molecule has 1 unspecified atom stereocenters. The Hall–Kier alpha value is -1.36. The molecule has 1 N–H and O–H groups in total. The molecule has 1 aliphatic rings. The van der Waals surface area contributed by atoms with Crippen molar-refractivity contribution in [2.24, 2.45) is 0 Å². The van der Waals surface area contributed by atoms with E-state index in [0.29, 0.717) is 13.0 Å². The summed E-state index contributed by atoms with van der Waals surface area (Å²) in [5.74, 6) is -0.143. The van der Waals surface area contributed by atoms with E-state index in [4.69, 9.17) is 0 Å². The number of carbonyl (C=O) groups is 2. The Morgan fingerprint density at radius 3 is 2.48 bits per heavy atom. The minimum Gasteiger partial charge on any atom is -0.340 e. The van der Waals surface area contributed by atoms with Crippen molar-refractivity contribution in [3.63, 3.8) is 0 Å². The van der Waals surface area contributed by atoms with Gasteiger partial charge in [0.25, 0.3) is 0 Å². The molecule has 1 saturated heterocycles. The number of nitrogens with one attached hydrogen (secondary N) is 1. The lowest BCUT2D eigenvalue weighted by Gasteiger charge is -2.48. The van der Waals surface area contributed by atoms with Gasteiger partial charge in [0.15, 0.2) is 0 Å². The molecule has 0 saturated carbocycles. The second-order valence-corrected chi connectivity index (χ2v) is 7.14. The van der Waals surface area contributed by atoms with Gasteiger partial charge in [-0.2, -0.15) is 0 Å². The van der Waals surface area contributed by atoms with Gasteiger partial charge in [0.1, 0.15) is 11.1 Å². The molecule has 0 radical (unpaired) electrons. The summed E-state index contributed by atoms with van der Waals surface area (Å²) < 4.78 is 0.963. The van der Waals surface area contributed by atoms with Gasteiger partial charge in [0.2, 0.25) is 11.8 Å². The van der Waals surface area contributed by atoms with Crippen molar-refractivity contribution >= 4 is 27.7 Å². The van der Waals surface area contributed by atoms with Gasteiger partial charge >= 0.3 is 0 Å². The van der Waals surface area contributed by atoms with Gasteiger partial charge in [-0.25, -0.2) is 0 Å². The molecule has 1 aromatic rings.